The van der Waals surface area contributed by atoms with Gasteiger partial charge in [0.25, 0.3) is 0 Å². The standard InChI is InChI=1S/C23H37NO2/c1-22-8-7-16-15(6-5-14-11-19-20(26-19)13-23(14,16)2)17(22)12-18(21(22)25)24-9-3-4-10-24/h14-21,25H,3-13H2,1-2H3/t14?,15?,16?,17?,18-,19-,20+,21-,22-,23-/m0/s1. The Morgan fingerprint density at radius 3 is 2.54 bits per heavy atom. The minimum absolute atomic E-state index is 0.0976. The van der Waals surface area contributed by atoms with E-state index in [9.17, 15) is 5.11 Å². The molecule has 10 atom stereocenters. The Morgan fingerprint density at radius 2 is 1.73 bits per heavy atom. The van der Waals surface area contributed by atoms with Gasteiger partial charge in [-0.15, -0.1) is 0 Å². The number of hydrogen-bond acceptors (Lipinski definition) is 3. The van der Waals surface area contributed by atoms with Gasteiger partial charge in [-0.25, -0.2) is 0 Å². The molecule has 3 heteroatoms. The Balaban J connectivity index is 1.29. The fourth-order valence-electron chi connectivity index (χ4n) is 8.93. The summed E-state index contributed by atoms with van der Waals surface area (Å²) in [7, 11) is 0. The van der Waals surface area contributed by atoms with E-state index in [0.29, 0.717) is 23.7 Å². The van der Waals surface area contributed by atoms with Gasteiger partial charge in [0.2, 0.25) is 0 Å². The summed E-state index contributed by atoms with van der Waals surface area (Å²) in [6.45, 7) is 7.51. The number of fused-ring (bicyclic) bond motifs is 6. The lowest BCUT2D eigenvalue weighted by atomic mass is 9.45. The normalized spacial score (nSPS) is 61.5. The van der Waals surface area contributed by atoms with Gasteiger partial charge in [0, 0.05) is 6.04 Å². The molecule has 0 aromatic heterocycles. The van der Waals surface area contributed by atoms with Crippen LogP contribution in [0.15, 0.2) is 0 Å². The summed E-state index contributed by atoms with van der Waals surface area (Å²) in [6.07, 6.45) is 13.1. The van der Waals surface area contributed by atoms with E-state index in [1.54, 1.807) is 0 Å². The first-order valence-electron chi connectivity index (χ1n) is 11.6. The molecule has 146 valence electrons. The van der Waals surface area contributed by atoms with E-state index >= 15 is 0 Å². The summed E-state index contributed by atoms with van der Waals surface area (Å²) < 4.78 is 5.98. The Bertz CT molecular complexity index is 589. The average Bonchev–Trinajstić information content (AvgIpc) is 3.02. The zero-order valence-corrected chi connectivity index (χ0v) is 16.7. The summed E-state index contributed by atoms with van der Waals surface area (Å²) in [5.74, 6) is 3.39. The van der Waals surface area contributed by atoms with Crippen LogP contribution in [0.2, 0.25) is 0 Å². The molecule has 26 heavy (non-hydrogen) atoms. The number of rotatable bonds is 1. The van der Waals surface area contributed by atoms with Gasteiger partial charge in [-0.1, -0.05) is 13.8 Å². The van der Waals surface area contributed by atoms with Crippen molar-refractivity contribution in [2.75, 3.05) is 13.1 Å². The second kappa shape index (κ2) is 5.48. The average molecular weight is 360 g/mol. The SMILES string of the molecule is C[C@]12C[C@H]3O[C@H]3CC1CCC1C2CC[C@@]2(C)C1C[C@H](N1CCCC1)[C@@H]2O. The van der Waals surface area contributed by atoms with Gasteiger partial charge in [0.15, 0.2) is 0 Å². The summed E-state index contributed by atoms with van der Waals surface area (Å²) in [5, 5.41) is 11.4. The van der Waals surface area contributed by atoms with E-state index in [0.717, 1.165) is 23.7 Å². The van der Waals surface area contributed by atoms with Crippen molar-refractivity contribution in [2.45, 2.75) is 96.0 Å². The monoisotopic (exact) mass is 359 g/mol. The van der Waals surface area contributed by atoms with Gasteiger partial charge in [-0.05, 0) is 105 Å². The molecule has 6 fully saturated rings. The molecule has 0 amide bonds. The van der Waals surface area contributed by atoms with Crippen LogP contribution < -0.4 is 0 Å². The van der Waals surface area contributed by atoms with E-state index in [1.807, 2.05) is 0 Å². The number of aliphatic hydroxyl groups excluding tert-OH is 1. The maximum atomic E-state index is 11.4. The molecule has 3 nitrogen and oxygen atoms in total. The molecule has 0 aromatic carbocycles. The van der Waals surface area contributed by atoms with Gasteiger partial charge in [0.05, 0.1) is 18.3 Å². The van der Waals surface area contributed by atoms with Crippen molar-refractivity contribution >= 4 is 0 Å². The molecule has 0 aromatic rings. The third-order valence-corrected chi connectivity index (χ3v) is 10.5. The molecule has 0 spiro atoms. The minimum Gasteiger partial charge on any atom is -0.391 e. The predicted octanol–water partition coefficient (Wildman–Crippen LogP) is 3.84. The van der Waals surface area contributed by atoms with Crippen molar-refractivity contribution in [3.8, 4) is 0 Å². The van der Waals surface area contributed by atoms with E-state index in [2.05, 4.69) is 18.7 Å². The lowest BCUT2D eigenvalue weighted by molar-refractivity contribution is -0.119. The molecule has 2 heterocycles. The number of aliphatic hydroxyl groups is 1. The van der Waals surface area contributed by atoms with Gasteiger partial charge in [0.1, 0.15) is 0 Å². The minimum atomic E-state index is -0.0976. The number of ether oxygens (including phenoxy) is 1. The van der Waals surface area contributed by atoms with Crippen LogP contribution in [-0.2, 0) is 4.74 Å². The van der Waals surface area contributed by atoms with Crippen LogP contribution in [-0.4, -0.2) is 47.4 Å². The van der Waals surface area contributed by atoms with Crippen molar-refractivity contribution in [3.63, 3.8) is 0 Å². The highest BCUT2D eigenvalue weighted by atomic mass is 16.6. The fourth-order valence-corrected chi connectivity index (χ4v) is 8.93. The summed E-state index contributed by atoms with van der Waals surface area (Å²) in [6, 6.07) is 0.444. The Labute approximate surface area is 158 Å². The summed E-state index contributed by atoms with van der Waals surface area (Å²) >= 11 is 0. The van der Waals surface area contributed by atoms with E-state index < -0.39 is 0 Å². The Kier molecular flexibility index (Phi) is 3.54. The molecule has 2 aliphatic heterocycles. The van der Waals surface area contributed by atoms with Crippen molar-refractivity contribution in [2.24, 2.45) is 34.5 Å². The topological polar surface area (TPSA) is 36.0 Å². The third kappa shape index (κ3) is 2.12. The molecule has 0 radical (unpaired) electrons. The van der Waals surface area contributed by atoms with Crippen molar-refractivity contribution < 1.29 is 9.84 Å². The summed E-state index contributed by atoms with van der Waals surface area (Å²) in [4.78, 5) is 2.64. The van der Waals surface area contributed by atoms with Crippen LogP contribution in [0.3, 0.4) is 0 Å². The number of hydrogen-bond donors (Lipinski definition) is 1. The number of epoxide rings is 1. The van der Waals surface area contributed by atoms with Gasteiger partial charge >= 0.3 is 0 Å². The second-order valence-electron chi connectivity index (χ2n) is 11.3. The fraction of sp³-hybridized carbons (Fsp3) is 1.00. The molecule has 4 unspecified atom stereocenters. The maximum Gasteiger partial charge on any atom is 0.0847 e. The molecule has 4 saturated carbocycles. The summed E-state index contributed by atoms with van der Waals surface area (Å²) in [5.41, 5.74) is 0.684. The maximum absolute atomic E-state index is 11.4. The molecular formula is C23H37NO2. The van der Waals surface area contributed by atoms with Gasteiger partial charge in [-0.3, -0.25) is 4.90 Å². The van der Waals surface area contributed by atoms with E-state index in [4.69, 9.17) is 4.74 Å². The number of likely N-dealkylation sites (tertiary alicyclic amines) is 1. The van der Waals surface area contributed by atoms with Crippen LogP contribution in [0.5, 0.6) is 0 Å². The molecule has 1 N–H and O–H groups in total. The van der Waals surface area contributed by atoms with Crippen LogP contribution in [0, 0.1) is 34.5 Å². The molecule has 2 saturated heterocycles. The predicted molar refractivity (Wildman–Crippen MR) is 102 cm³/mol. The zero-order valence-electron chi connectivity index (χ0n) is 16.7. The lowest BCUT2D eigenvalue weighted by Crippen LogP contribution is -2.54. The third-order valence-electron chi connectivity index (χ3n) is 10.5. The lowest BCUT2D eigenvalue weighted by Gasteiger charge is -2.59. The van der Waals surface area contributed by atoms with Crippen LogP contribution in [0.25, 0.3) is 0 Å². The van der Waals surface area contributed by atoms with E-state index in [-0.39, 0.29) is 11.5 Å². The number of nitrogens with zero attached hydrogens (tertiary/aromatic N) is 1. The highest BCUT2D eigenvalue weighted by molar-refractivity contribution is 5.15. The van der Waals surface area contributed by atoms with Gasteiger partial charge in [-0.2, -0.15) is 0 Å². The van der Waals surface area contributed by atoms with Crippen molar-refractivity contribution in [1.29, 1.82) is 0 Å². The van der Waals surface area contributed by atoms with Crippen molar-refractivity contribution in [3.05, 3.63) is 0 Å². The molecule has 0 bridgehead atoms. The largest absolute Gasteiger partial charge is 0.391 e. The Hall–Kier alpha value is -0.120. The van der Waals surface area contributed by atoms with Gasteiger partial charge < -0.3 is 9.84 Å². The van der Waals surface area contributed by atoms with E-state index in [1.165, 1.54) is 70.9 Å². The highest BCUT2D eigenvalue weighted by Gasteiger charge is 2.65. The molecule has 4 aliphatic carbocycles. The van der Waals surface area contributed by atoms with Crippen LogP contribution >= 0.6 is 0 Å². The molecule has 6 rings (SSSR count). The quantitative estimate of drug-likeness (QED) is 0.723. The first kappa shape index (κ1) is 16.8. The molecular weight excluding hydrogens is 322 g/mol. The van der Waals surface area contributed by atoms with Crippen LogP contribution in [0.1, 0.15) is 71.6 Å². The second-order valence-corrected chi connectivity index (χ2v) is 11.3. The Morgan fingerprint density at radius 1 is 0.923 bits per heavy atom. The van der Waals surface area contributed by atoms with Crippen molar-refractivity contribution in [1.82, 2.24) is 4.90 Å². The highest BCUT2D eigenvalue weighted by Crippen LogP contribution is 2.68. The first-order chi connectivity index (χ1) is 12.5. The smallest absolute Gasteiger partial charge is 0.0847 e. The first-order valence-corrected chi connectivity index (χ1v) is 11.6. The molecule has 6 aliphatic rings. The zero-order chi connectivity index (χ0) is 17.7. The van der Waals surface area contributed by atoms with Crippen LogP contribution in [0.4, 0.5) is 0 Å².